The summed E-state index contributed by atoms with van der Waals surface area (Å²) in [4.78, 5) is 0. The van der Waals surface area contributed by atoms with Crippen LogP contribution in [-0.2, 0) is 29.7 Å². The molecule has 0 spiro atoms. The monoisotopic (exact) mass is 344 g/mol. The molecule has 0 aromatic rings. The van der Waals surface area contributed by atoms with Crippen molar-refractivity contribution >= 4 is 35.0 Å². The Morgan fingerprint density at radius 3 is 1.05 bits per heavy atom. The summed E-state index contributed by atoms with van der Waals surface area (Å²) in [5.74, 6) is 0. The van der Waals surface area contributed by atoms with Gasteiger partial charge in [0, 0.05) is 41.0 Å². The molecule has 0 N–H and O–H groups in total. The van der Waals surface area contributed by atoms with Crippen LogP contribution in [0.15, 0.2) is 0 Å². The predicted octanol–water partition coefficient (Wildman–Crippen LogP) is 1.41. The Morgan fingerprint density at radius 2 is 0.789 bits per heavy atom. The van der Waals surface area contributed by atoms with Crippen LogP contribution < -0.4 is 0 Å². The second kappa shape index (κ2) is 5.76. The normalized spacial score (nSPS) is 43.6. The van der Waals surface area contributed by atoms with Gasteiger partial charge in [-0.25, -0.2) is 0 Å². The summed E-state index contributed by atoms with van der Waals surface area (Å²) in [5, 5.41) is 0. The highest BCUT2D eigenvalue weighted by molar-refractivity contribution is 6.89. The third kappa shape index (κ3) is 4.53. The molecule has 1 saturated heterocycles. The van der Waals surface area contributed by atoms with Crippen molar-refractivity contribution in [2.75, 3.05) is 21.3 Å². The van der Waals surface area contributed by atoms with Gasteiger partial charge in [-0.3, -0.25) is 0 Å². The van der Waals surface area contributed by atoms with Crippen molar-refractivity contribution in [3.63, 3.8) is 0 Å². The van der Waals surface area contributed by atoms with Gasteiger partial charge in [-0.15, -0.1) is 0 Å². The van der Waals surface area contributed by atoms with Gasteiger partial charge in [0.15, 0.2) is 0 Å². The maximum absolute atomic E-state index is 6.05. The van der Waals surface area contributed by atoms with Crippen molar-refractivity contribution in [1.29, 1.82) is 0 Å². The molecule has 11 heteroatoms. The molecule has 0 bridgehead atoms. The lowest BCUT2D eigenvalue weighted by atomic mass is 11.8. The van der Waals surface area contributed by atoms with Crippen LogP contribution in [0, 0.1) is 0 Å². The highest BCUT2D eigenvalue weighted by Gasteiger charge is 2.59. The average molecular weight is 345 g/mol. The lowest BCUT2D eigenvalue weighted by Crippen LogP contribution is -2.68. The van der Waals surface area contributed by atoms with E-state index < -0.39 is 35.0 Å². The summed E-state index contributed by atoms with van der Waals surface area (Å²) in [6.45, 7) is 9.26. The van der Waals surface area contributed by atoms with Gasteiger partial charge in [0.05, 0.1) is 0 Å². The molecule has 0 saturated carbocycles. The zero-order valence-electron chi connectivity index (χ0n) is 12.9. The lowest BCUT2D eigenvalue weighted by molar-refractivity contribution is 0.0751. The quantitative estimate of drug-likeness (QED) is 0.717. The van der Waals surface area contributed by atoms with Gasteiger partial charge in [0.25, 0.3) is 0 Å². The first-order valence-electron chi connectivity index (χ1n) is 5.97. The van der Waals surface area contributed by atoms with Crippen molar-refractivity contribution in [3.8, 4) is 0 Å². The maximum Gasteiger partial charge on any atom is 0.482 e. The Balaban J connectivity index is 3.12. The van der Waals surface area contributed by atoms with Crippen molar-refractivity contribution in [2.45, 2.75) is 32.7 Å². The van der Waals surface area contributed by atoms with Crippen molar-refractivity contribution in [2.24, 2.45) is 0 Å². The van der Waals surface area contributed by atoms with Gasteiger partial charge in [0.2, 0.25) is 0 Å². The second-order valence-corrected chi connectivity index (χ2v) is 17.5. The molecule has 1 heterocycles. The molecule has 0 aliphatic carbocycles. The highest BCUT2D eigenvalue weighted by atomic mass is 28.5. The van der Waals surface area contributed by atoms with Gasteiger partial charge >= 0.3 is 35.0 Å². The maximum atomic E-state index is 6.05. The van der Waals surface area contributed by atoms with E-state index >= 15 is 0 Å². The van der Waals surface area contributed by atoms with Crippen molar-refractivity contribution in [1.82, 2.24) is 0 Å². The van der Waals surface area contributed by atoms with Gasteiger partial charge < -0.3 is 29.7 Å². The molecule has 0 aromatic carbocycles. The van der Waals surface area contributed by atoms with Crippen LogP contribution in [0.2, 0.25) is 32.7 Å². The number of hydrogen-bond donors (Lipinski definition) is 0. The minimum absolute atomic E-state index is 1.55. The van der Waals surface area contributed by atoms with E-state index in [0.29, 0.717) is 0 Å². The minimum Gasteiger partial charge on any atom is -0.394 e. The first-order valence-corrected chi connectivity index (χ1v) is 15.5. The van der Waals surface area contributed by atoms with Crippen LogP contribution >= 0.6 is 0 Å². The molecule has 1 fully saturated rings. The Labute approximate surface area is 119 Å². The van der Waals surface area contributed by atoms with E-state index in [2.05, 4.69) is 0 Å². The Kier molecular flexibility index (Phi) is 5.35. The van der Waals surface area contributed by atoms with Crippen LogP contribution in [0.5, 0.6) is 0 Å². The predicted molar refractivity (Wildman–Crippen MR) is 77.7 cm³/mol. The summed E-state index contributed by atoms with van der Waals surface area (Å²) in [6, 6.07) is 0. The summed E-state index contributed by atoms with van der Waals surface area (Å²) in [5.41, 5.74) is 0. The van der Waals surface area contributed by atoms with Crippen molar-refractivity contribution in [3.05, 3.63) is 0 Å². The van der Waals surface area contributed by atoms with E-state index in [-0.39, 0.29) is 0 Å². The summed E-state index contributed by atoms with van der Waals surface area (Å²) in [6.07, 6.45) is 0. The molecule has 2 atom stereocenters. The smallest absolute Gasteiger partial charge is 0.394 e. The summed E-state index contributed by atoms with van der Waals surface area (Å²) in [7, 11) is -6.41. The van der Waals surface area contributed by atoms with E-state index in [4.69, 9.17) is 29.7 Å². The first kappa shape index (κ1) is 17.6. The lowest BCUT2D eigenvalue weighted by Gasteiger charge is -2.45. The fourth-order valence-electron chi connectivity index (χ4n) is 1.90. The van der Waals surface area contributed by atoms with Gasteiger partial charge in [-0.2, -0.15) is 0 Å². The molecule has 1 aliphatic heterocycles. The van der Waals surface area contributed by atoms with E-state index in [1.165, 1.54) is 0 Å². The number of hydrogen-bond acceptors (Lipinski definition) is 7. The molecule has 1 rings (SSSR count). The molecule has 114 valence electrons. The van der Waals surface area contributed by atoms with E-state index in [1.54, 1.807) is 27.9 Å². The van der Waals surface area contributed by atoms with E-state index in [0.717, 1.165) is 0 Å². The van der Waals surface area contributed by atoms with Gasteiger partial charge in [-0.05, 0) is 13.1 Å². The van der Waals surface area contributed by atoms with E-state index in [1.807, 2.05) is 26.2 Å². The Morgan fingerprint density at radius 1 is 0.526 bits per heavy atom. The first-order chi connectivity index (χ1) is 8.51. The minimum atomic E-state index is -2.92. The molecule has 19 heavy (non-hydrogen) atoms. The molecule has 7 nitrogen and oxygen atoms in total. The highest BCUT2D eigenvalue weighted by Crippen LogP contribution is 2.31. The SMILES string of the molecule is CO[Si]1(C)O[Si](C)(C)O[Si](C)(OC)O[Si](C)(OC)O1. The average Bonchev–Trinajstić information content (AvgIpc) is 2.25. The van der Waals surface area contributed by atoms with Crippen molar-refractivity contribution < 1.29 is 29.7 Å². The van der Waals surface area contributed by atoms with Crippen LogP contribution in [-0.4, -0.2) is 56.3 Å². The zero-order chi connectivity index (χ0) is 14.9. The third-order valence-electron chi connectivity index (χ3n) is 2.72. The fraction of sp³-hybridized carbons (Fsp3) is 1.00. The molecule has 0 radical (unpaired) electrons. The summed E-state index contributed by atoms with van der Waals surface area (Å²) >= 11 is 0. The molecule has 1 aliphatic rings. The largest absolute Gasteiger partial charge is 0.482 e. The van der Waals surface area contributed by atoms with Gasteiger partial charge in [0.1, 0.15) is 0 Å². The molecular formula is C8H24O7Si4. The second-order valence-electron chi connectivity index (χ2n) is 5.01. The molecular weight excluding hydrogens is 320 g/mol. The fourth-order valence-corrected chi connectivity index (χ4v) is 18.6. The van der Waals surface area contributed by atoms with Crippen LogP contribution in [0.25, 0.3) is 0 Å². The zero-order valence-corrected chi connectivity index (χ0v) is 16.9. The summed E-state index contributed by atoms with van der Waals surface area (Å²) < 4.78 is 40.4. The molecule has 0 aromatic heterocycles. The van der Waals surface area contributed by atoms with E-state index in [9.17, 15) is 0 Å². The standard InChI is InChI=1S/C8H24O7Si4/c1-9-17(6)12-16(4,5)13-18(7,10-2)15-19(8,11-3)14-17/h1-8H3. The topological polar surface area (TPSA) is 64.6 Å². The Bertz CT molecular complexity index is 306. The van der Waals surface area contributed by atoms with Gasteiger partial charge in [-0.1, -0.05) is 0 Å². The number of rotatable bonds is 3. The van der Waals surface area contributed by atoms with Crippen LogP contribution in [0.1, 0.15) is 0 Å². The Hall–Kier alpha value is 0.588. The third-order valence-corrected chi connectivity index (χ3v) is 17.8. The molecule has 0 amide bonds. The van der Waals surface area contributed by atoms with Crippen LogP contribution in [0.4, 0.5) is 0 Å². The molecule has 2 unspecified atom stereocenters. The van der Waals surface area contributed by atoms with Crippen LogP contribution in [0.3, 0.4) is 0 Å².